The van der Waals surface area contributed by atoms with Gasteiger partial charge in [-0.25, -0.2) is 0 Å². The molecular formula is C27H33NO. The molecule has 152 valence electrons. The van der Waals surface area contributed by atoms with Crippen LogP contribution in [0.1, 0.15) is 60.9 Å². The zero-order chi connectivity index (χ0) is 20.4. The number of hydrogen-bond donors (Lipinski definition) is 0. The fourth-order valence-electron chi connectivity index (χ4n) is 4.80. The van der Waals surface area contributed by atoms with Gasteiger partial charge in [0.05, 0.1) is 0 Å². The average molecular weight is 388 g/mol. The molecule has 0 unspecified atom stereocenters. The van der Waals surface area contributed by atoms with E-state index in [9.17, 15) is 4.79 Å². The van der Waals surface area contributed by atoms with Gasteiger partial charge in [-0.3, -0.25) is 4.79 Å². The molecule has 29 heavy (non-hydrogen) atoms. The standard InChI is InChI=1S/C27H33NO/c1-19(2)26(29)14-17-28-15-12-22(13-16-28)27-24-7-5-4-6-21(24)9-10-23-18-20(3)8-11-25(23)27/h4-8,11,18-19H,9-10,12-17H2,1-3H3. The second-order valence-corrected chi connectivity index (χ2v) is 9.01. The van der Waals surface area contributed by atoms with Crippen LogP contribution in [-0.4, -0.2) is 30.3 Å². The number of nitrogens with zero attached hydrogens (tertiary/aromatic N) is 1. The summed E-state index contributed by atoms with van der Waals surface area (Å²) in [7, 11) is 0. The average Bonchev–Trinajstić information content (AvgIpc) is 2.89. The Bertz CT molecular complexity index is 927. The summed E-state index contributed by atoms with van der Waals surface area (Å²) in [5.74, 6) is 0.538. The van der Waals surface area contributed by atoms with Crippen LogP contribution < -0.4 is 0 Å². The minimum absolute atomic E-state index is 0.153. The van der Waals surface area contributed by atoms with Gasteiger partial charge in [-0.2, -0.15) is 0 Å². The van der Waals surface area contributed by atoms with Crippen molar-refractivity contribution in [1.29, 1.82) is 0 Å². The molecule has 0 saturated carbocycles. The van der Waals surface area contributed by atoms with E-state index >= 15 is 0 Å². The molecule has 1 fully saturated rings. The number of likely N-dealkylation sites (tertiary alicyclic amines) is 1. The minimum atomic E-state index is 0.153. The van der Waals surface area contributed by atoms with Gasteiger partial charge in [0.2, 0.25) is 0 Å². The molecule has 0 bridgehead atoms. The van der Waals surface area contributed by atoms with Crippen LogP contribution in [0.15, 0.2) is 48.0 Å². The van der Waals surface area contributed by atoms with Gasteiger partial charge < -0.3 is 4.90 Å². The van der Waals surface area contributed by atoms with Crippen LogP contribution in [0.5, 0.6) is 0 Å². The maximum Gasteiger partial charge on any atom is 0.136 e. The third-order valence-electron chi connectivity index (χ3n) is 6.61. The number of carbonyl (C=O) groups excluding carboxylic acids is 1. The topological polar surface area (TPSA) is 20.3 Å². The second-order valence-electron chi connectivity index (χ2n) is 9.01. The van der Waals surface area contributed by atoms with Gasteiger partial charge in [0.1, 0.15) is 5.78 Å². The lowest BCUT2D eigenvalue weighted by Gasteiger charge is -2.30. The maximum absolute atomic E-state index is 12.0. The summed E-state index contributed by atoms with van der Waals surface area (Å²) in [5, 5.41) is 0. The molecule has 0 spiro atoms. The molecule has 0 N–H and O–H groups in total. The predicted molar refractivity (Wildman–Crippen MR) is 121 cm³/mol. The summed E-state index contributed by atoms with van der Waals surface area (Å²) in [4.78, 5) is 14.5. The number of piperidine rings is 1. The summed E-state index contributed by atoms with van der Waals surface area (Å²) in [5.41, 5.74) is 10.3. The van der Waals surface area contributed by atoms with Gasteiger partial charge in [-0.1, -0.05) is 67.4 Å². The Labute approximate surface area is 175 Å². The number of ketones is 1. The molecule has 2 aromatic rings. The normalized spacial score (nSPS) is 17.1. The van der Waals surface area contributed by atoms with E-state index in [0.29, 0.717) is 12.2 Å². The highest BCUT2D eigenvalue weighted by atomic mass is 16.1. The third kappa shape index (κ3) is 4.38. The summed E-state index contributed by atoms with van der Waals surface area (Å²) in [6, 6.07) is 16.0. The Kier molecular flexibility index (Phi) is 6.01. The lowest BCUT2D eigenvalue weighted by atomic mass is 9.86. The van der Waals surface area contributed by atoms with E-state index in [1.54, 1.807) is 5.57 Å². The number of fused-ring (bicyclic) bond motifs is 2. The van der Waals surface area contributed by atoms with E-state index in [4.69, 9.17) is 0 Å². The molecule has 1 saturated heterocycles. The summed E-state index contributed by atoms with van der Waals surface area (Å²) < 4.78 is 0. The van der Waals surface area contributed by atoms with Crippen LogP contribution in [-0.2, 0) is 17.6 Å². The number of carbonyl (C=O) groups is 1. The molecule has 4 rings (SSSR count). The number of aryl methyl sites for hydroxylation is 3. The van der Waals surface area contributed by atoms with Crippen molar-refractivity contribution < 1.29 is 4.79 Å². The number of benzene rings is 2. The fourth-order valence-corrected chi connectivity index (χ4v) is 4.80. The van der Waals surface area contributed by atoms with Gasteiger partial charge in [0.25, 0.3) is 0 Å². The Hall–Kier alpha value is -2.19. The van der Waals surface area contributed by atoms with Gasteiger partial charge in [-0.15, -0.1) is 0 Å². The van der Waals surface area contributed by atoms with Crippen molar-refractivity contribution in [1.82, 2.24) is 4.90 Å². The molecule has 0 amide bonds. The summed E-state index contributed by atoms with van der Waals surface area (Å²) in [6.07, 6.45) is 5.13. The highest BCUT2D eigenvalue weighted by molar-refractivity contribution is 5.86. The number of Topliss-reactive ketones (excluding diaryl/α,β-unsaturated/α-hetero) is 1. The van der Waals surface area contributed by atoms with E-state index in [-0.39, 0.29) is 5.92 Å². The van der Waals surface area contributed by atoms with E-state index in [1.807, 2.05) is 13.8 Å². The van der Waals surface area contributed by atoms with Crippen LogP contribution in [0.4, 0.5) is 0 Å². The van der Waals surface area contributed by atoms with Crippen molar-refractivity contribution in [3.8, 4) is 0 Å². The molecule has 2 nitrogen and oxygen atoms in total. The molecule has 0 radical (unpaired) electrons. The van der Waals surface area contributed by atoms with Crippen molar-refractivity contribution in [2.24, 2.45) is 5.92 Å². The highest BCUT2D eigenvalue weighted by Gasteiger charge is 2.24. The van der Waals surface area contributed by atoms with Crippen molar-refractivity contribution in [3.05, 3.63) is 75.9 Å². The predicted octanol–water partition coefficient (Wildman–Crippen LogP) is 5.61. The van der Waals surface area contributed by atoms with Crippen molar-refractivity contribution in [2.75, 3.05) is 19.6 Å². The van der Waals surface area contributed by atoms with E-state index in [0.717, 1.165) is 45.3 Å². The highest BCUT2D eigenvalue weighted by Crippen LogP contribution is 2.38. The molecule has 2 aromatic carbocycles. The molecule has 2 heteroatoms. The van der Waals surface area contributed by atoms with Crippen LogP contribution in [0.3, 0.4) is 0 Å². The maximum atomic E-state index is 12.0. The first-order chi connectivity index (χ1) is 14.0. The van der Waals surface area contributed by atoms with Crippen LogP contribution in [0.2, 0.25) is 0 Å². The molecule has 2 aliphatic rings. The van der Waals surface area contributed by atoms with Gasteiger partial charge >= 0.3 is 0 Å². The van der Waals surface area contributed by atoms with Crippen molar-refractivity contribution in [2.45, 2.75) is 52.9 Å². The smallest absolute Gasteiger partial charge is 0.136 e. The van der Waals surface area contributed by atoms with E-state index in [2.05, 4.69) is 54.3 Å². The Morgan fingerprint density at radius 3 is 2.38 bits per heavy atom. The minimum Gasteiger partial charge on any atom is -0.302 e. The molecule has 1 aliphatic carbocycles. The zero-order valence-corrected chi connectivity index (χ0v) is 18.1. The molecule has 0 aromatic heterocycles. The lowest BCUT2D eigenvalue weighted by Crippen LogP contribution is -2.33. The Balaban J connectivity index is 1.62. The SMILES string of the molecule is Cc1ccc2c(c1)CCc1ccccc1C2=C1CCN(CCC(=O)C(C)C)CC1. The van der Waals surface area contributed by atoms with Crippen LogP contribution in [0, 0.1) is 12.8 Å². The summed E-state index contributed by atoms with van der Waals surface area (Å²) in [6.45, 7) is 9.24. The van der Waals surface area contributed by atoms with Gasteiger partial charge in [-0.05, 0) is 60.4 Å². The van der Waals surface area contributed by atoms with Crippen LogP contribution in [0.25, 0.3) is 5.57 Å². The van der Waals surface area contributed by atoms with E-state index < -0.39 is 0 Å². The molecule has 0 atom stereocenters. The summed E-state index contributed by atoms with van der Waals surface area (Å²) >= 11 is 0. The monoisotopic (exact) mass is 387 g/mol. The lowest BCUT2D eigenvalue weighted by molar-refractivity contribution is -0.122. The first-order valence-electron chi connectivity index (χ1n) is 11.2. The zero-order valence-electron chi connectivity index (χ0n) is 18.1. The number of rotatable bonds is 4. The van der Waals surface area contributed by atoms with Gasteiger partial charge in [0, 0.05) is 32.0 Å². The first kappa shape index (κ1) is 20.1. The molecular weight excluding hydrogens is 354 g/mol. The molecule has 1 aliphatic heterocycles. The van der Waals surface area contributed by atoms with Crippen LogP contribution >= 0.6 is 0 Å². The third-order valence-corrected chi connectivity index (χ3v) is 6.61. The number of hydrogen-bond acceptors (Lipinski definition) is 2. The largest absolute Gasteiger partial charge is 0.302 e. The quantitative estimate of drug-likeness (QED) is 0.680. The van der Waals surface area contributed by atoms with Crippen molar-refractivity contribution >= 4 is 11.4 Å². The molecule has 1 heterocycles. The van der Waals surface area contributed by atoms with E-state index in [1.165, 1.54) is 33.4 Å². The Morgan fingerprint density at radius 1 is 0.931 bits per heavy atom. The second kappa shape index (κ2) is 8.67. The fraction of sp³-hybridized carbons (Fsp3) is 0.444. The van der Waals surface area contributed by atoms with Crippen molar-refractivity contribution in [3.63, 3.8) is 0 Å². The first-order valence-corrected chi connectivity index (χ1v) is 11.2. The van der Waals surface area contributed by atoms with Gasteiger partial charge in [0.15, 0.2) is 0 Å². The Morgan fingerprint density at radius 2 is 1.62 bits per heavy atom.